The number of hydrogen-bond donors (Lipinski definition) is 2. The van der Waals surface area contributed by atoms with Gasteiger partial charge in [0.05, 0.1) is 17.5 Å². The number of nitrogens with one attached hydrogen (secondary N) is 2. The molecule has 2 aromatic carbocycles. The first-order valence-corrected chi connectivity index (χ1v) is 8.27. The molecule has 1 fully saturated rings. The van der Waals surface area contributed by atoms with E-state index in [2.05, 4.69) is 26.6 Å². The molecule has 4 nitrogen and oxygen atoms in total. The van der Waals surface area contributed by atoms with Crippen LogP contribution in [0.25, 0.3) is 0 Å². The molecule has 0 bridgehead atoms. The van der Waals surface area contributed by atoms with Gasteiger partial charge in [0, 0.05) is 10.2 Å². The number of para-hydroxylation sites is 2. The van der Waals surface area contributed by atoms with Gasteiger partial charge in [0.25, 0.3) is 0 Å². The molecule has 0 heterocycles. The first kappa shape index (κ1) is 15.7. The first-order valence-electron chi connectivity index (χ1n) is 7.48. The van der Waals surface area contributed by atoms with Gasteiger partial charge in [0.2, 0.25) is 11.8 Å². The van der Waals surface area contributed by atoms with Crippen molar-refractivity contribution in [2.75, 3.05) is 10.6 Å². The third-order valence-corrected chi connectivity index (χ3v) is 4.69. The highest BCUT2D eigenvalue weighted by Gasteiger charge is 2.48. The van der Waals surface area contributed by atoms with Gasteiger partial charge in [-0.25, -0.2) is 0 Å². The second-order valence-corrected chi connectivity index (χ2v) is 6.58. The maximum atomic E-state index is 12.3. The van der Waals surface area contributed by atoms with Crippen molar-refractivity contribution in [3.63, 3.8) is 0 Å². The highest BCUT2D eigenvalue weighted by atomic mass is 79.9. The van der Waals surface area contributed by atoms with E-state index >= 15 is 0 Å². The Morgan fingerprint density at radius 2 is 1.43 bits per heavy atom. The van der Waals surface area contributed by atoms with Crippen LogP contribution in [0.3, 0.4) is 0 Å². The molecule has 1 aliphatic carbocycles. The zero-order valence-electron chi connectivity index (χ0n) is 12.7. The molecular formula is C18H17BrN2O2. The highest BCUT2D eigenvalue weighted by molar-refractivity contribution is 9.10. The largest absolute Gasteiger partial charge is 0.326 e. The molecule has 23 heavy (non-hydrogen) atoms. The molecular weight excluding hydrogens is 356 g/mol. The molecule has 2 unspecified atom stereocenters. The minimum atomic E-state index is -0.258. The van der Waals surface area contributed by atoms with Crippen LogP contribution in [0.15, 0.2) is 53.0 Å². The minimum absolute atomic E-state index is 0.0911. The van der Waals surface area contributed by atoms with E-state index < -0.39 is 0 Å². The number of anilines is 2. The average molecular weight is 373 g/mol. The van der Waals surface area contributed by atoms with Crippen LogP contribution >= 0.6 is 15.9 Å². The number of amides is 2. The molecule has 0 radical (unpaired) electrons. The van der Waals surface area contributed by atoms with E-state index in [1.165, 1.54) is 0 Å². The zero-order valence-corrected chi connectivity index (χ0v) is 14.3. The van der Waals surface area contributed by atoms with Crippen LogP contribution in [0, 0.1) is 18.8 Å². The van der Waals surface area contributed by atoms with Crippen molar-refractivity contribution in [3.05, 3.63) is 58.6 Å². The second kappa shape index (κ2) is 6.54. The molecule has 2 amide bonds. The summed E-state index contributed by atoms with van der Waals surface area (Å²) < 4.78 is 0.829. The van der Waals surface area contributed by atoms with Crippen molar-refractivity contribution in [1.82, 2.24) is 0 Å². The van der Waals surface area contributed by atoms with Gasteiger partial charge in [-0.1, -0.05) is 30.3 Å². The highest BCUT2D eigenvalue weighted by Crippen LogP contribution is 2.40. The number of carbonyl (C=O) groups is 2. The molecule has 0 aliphatic heterocycles. The van der Waals surface area contributed by atoms with Gasteiger partial charge in [-0.05, 0) is 53.0 Å². The summed E-state index contributed by atoms with van der Waals surface area (Å²) in [5.41, 5.74) is 2.53. The Balaban J connectivity index is 1.58. The van der Waals surface area contributed by atoms with Gasteiger partial charge < -0.3 is 10.6 Å². The Morgan fingerprint density at radius 1 is 0.913 bits per heavy atom. The van der Waals surface area contributed by atoms with Gasteiger partial charge in [-0.2, -0.15) is 0 Å². The molecule has 2 atom stereocenters. The zero-order chi connectivity index (χ0) is 16.4. The van der Waals surface area contributed by atoms with Crippen LogP contribution in [-0.4, -0.2) is 11.8 Å². The lowest BCUT2D eigenvalue weighted by atomic mass is 10.2. The number of rotatable bonds is 4. The lowest BCUT2D eigenvalue weighted by Crippen LogP contribution is -2.21. The van der Waals surface area contributed by atoms with Crippen LogP contribution in [0.2, 0.25) is 0 Å². The minimum Gasteiger partial charge on any atom is -0.326 e. The van der Waals surface area contributed by atoms with Crippen LogP contribution in [0.5, 0.6) is 0 Å². The van der Waals surface area contributed by atoms with Gasteiger partial charge in [0.15, 0.2) is 0 Å². The molecule has 5 heteroatoms. The Morgan fingerprint density at radius 3 is 2.04 bits per heavy atom. The van der Waals surface area contributed by atoms with Crippen LogP contribution in [0.1, 0.15) is 12.0 Å². The molecule has 1 aliphatic rings. The van der Waals surface area contributed by atoms with Crippen LogP contribution in [-0.2, 0) is 9.59 Å². The Labute approximate surface area is 143 Å². The Bertz CT molecular complexity index is 697. The maximum Gasteiger partial charge on any atom is 0.228 e. The Kier molecular flexibility index (Phi) is 4.48. The maximum absolute atomic E-state index is 12.3. The number of aryl methyl sites for hydroxylation is 1. The second-order valence-electron chi connectivity index (χ2n) is 5.72. The number of carbonyl (C=O) groups excluding carboxylic acids is 2. The van der Waals surface area contributed by atoms with E-state index in [0.717, 1.165) is 21.4 Å². The third kappa shape index (κ3) is 3.62. The van der Waals surface area contributed by atoms with E-state index in [0.29, 0.717) is 6.42 Å². The summed E-state index contributed by atoms with van der Waals surface area (Å²) >= 11 is 3.40. The van der Waals surface area contributed by atoms with Crippen molar-refractivity contribution < 1.29 is 9.59 Å². The molecule has 1 saturated carbocycles. The SMILES string of the molecule is Cc1ccccc1NC(=O)C1CC1C(=O)Nc1ccccc1Br. The van der Waals surface area contributed by atoms with Crippen LogP contribution in [0.4, 0.5) is 11.4 Å². The van der Waals surface area contributed by atoms with E-state index in [-0.39, 0.29) is 23.7 Å². The Hall–Kier alpha value is -2.14. The normalized spacial score (nSPS) is 19.0. The predicted octanol–water partition coefficient (Wildman–Crippen LogP) is 3.97. The summed E-state index contributed by atoms with van der Waals surface area (Å²) in [6.45, 7) is 1.94. The number of halogens is 1. The summed E-state index contributed by atoms with van der Waals surface area (Å²) in [6.07, 6.45) is 0.591. The summed E-state index contributed by atoms with van der Waals surface area (Å²) in [7, 11) is 0. The summed E-state index contributed by atoms with van der Waals surface area (Å²) in [5, 5.41) is 5.77. The standard InChI is InChI=1S/C18H17BrN2O2/c1-11-6-2-4-8-15(11)20-17(22)12-10-13(12)18(23)21-16-9-5-3-7-14(16)19/h2-9,12-13H,10H2,1H3,(H,20,22)(H,21,23). The lowest BCUT2D eigenvalue weighted by molar-refractivity contribution is -0.122. The van der Waals surface area contributed by atoms with Crippen molar-refractivity contribution in [2.45, 2.75) is 13.3 Å². The van der Waals surface area contributed by atoms with Gasteiger partial charge >= 0.3 is 0 Å². The quantitative estimate of drug-likeness (QED) is 0.852. The van der Waals surface area contributed by atoms with Gasteiger partial charge in [-0.15, -0.1) is 0 Å². The van der Waals surface area contributed by atoms with Crippen LogP contribution < -0.4 is 10.6 Å². The van der Waals surface area contributed by atoms with Crippen molar-refractivity contribution in [3.8, 4) is 0 Å². The molecule has 0 spiro atoms. The summed E-state index contributed by atoms with van der Waals surface area (Å²) in [4.78, 5) is 24.5. The third-order valence-electron chi connectivity index (χ3n) is 4.00. The molecule has 2 aromatic rings. The summed E-state index contributed by atoms with van der Waals surface area (Å²) in [5.74, 6) is -0.711. The van der Waals surface area contributed by atoms with E-state index in [1.54, 1.807) is 0 Å². The fourth-order valence-electron chi connectivity index (χ4n) is 2.50. The van der Waals surface area contributed by atoms with Gasteiger partial charge in [0.1, 0.15) is 0 Å². The van der Waals surface area contributed by atoms with Gasteiger partial charge in [-0.3, -0.25) is 9.59 Å². The number of hydrogen-bond acceptors (Lipinski definition) is 2. The first-order chi connectivity index (χ1) is 11.1. The van der Waals surface area contributed by atoms with Crippen molar-refractivity contribution in [1.29, 1.82) is 0 Å². The molecule has 0 saturated heterocycles. The fourth-order valence-corrected chi connectivity index (χ4v) is 2.89. The number of benzene rings is 2. The lowest BCUT2D eigenvalue weighted by Gasteiger charge is -2.09. The van der Waals surface area contributed by atoms with Crippen molar-refractivity contribution >= 4 is 39.1 Å². The fraction of sp³-hybridized carbons (Fsp3) is 0.222. The smallest absolute Gasteiger partial charge is 0.228 e. The molecule has 2 N–H and O–H groups in total. The van der Waals surface area contributed by atoms with E-state index in [4.69, 9.17) is 0 Å². The topological polar surface area (TPSA) is 58.2 Å². The monoisotopic (exact) mass is 372 g/mol. The average Bonchev–Trinajstić information content (AvgIpc) is 3.32. The van der Waals surface area contributed by atoms with E-state index in [9.17, 15) is 9.59 Å². The molecule has 0 aromatic heterocycles. The predicted molar refractivity (Wildman–Crippen MR) is 94.2 cm³/mol. The molecule has 3 rings (SSSR count). The van der Waals surface area contributed by atoms with Crippen molar-refractivity contribution in [2.24, 2.45) is 11.8 Å². The van der Waals surface area contributed by atoms with E-state index in [1.807, 2.05) is 55.5 Å². The summed E-state index contributed by atoms with van der Waals surface area (Å²) in [6, 6.07) is 15.1. The molecule has 118 valence electrons.